The summed E-state index contributed by atoms with van der Waals surface area (Å²) < 4.78 is 26.7. The van der Waals surface area contributed by atoms with E-state index in [1.165, 1.54) is 0 Å². The van der Waals surface area contributed by atoms with Crippen LogP contribution in [0.2, 0.25) is 0 Å². The number of imide groups is 1. The molecule has 0 bridgehead atoms. The summed E-state index contributed by atoms with van der Waals surface area (Å²) in [6.07, 6.45) is 1.41. The van der Waals surface area contributed by atoms with Gasteiger partial charge in [0.05, 0.1) is 12.6 Å². The number of benzene rings is 1. The van der Waals surface area contributed by atoms with Crippen molar-refractivity contribution in [2.45, 2.75) is 44.2 Å². The van der Waals surface area contributed by atoms with E-state index in [1.807, 2.05) is 0 Å². The Labute approximate surface area is 138 Å². The molecule has 3 amide bonds. The number of hydrogen-bond acceptors (Lipinski definition) is 3. The zero-order chi connectivity index (χ0) is 17.5. The van der Waals surface area contributed by atoms with Gasteiger partial charge in [-0.3, -0.25) is 9.69 Å². The van der Waals surface area contributed by atoms with Gasteiger partial charge in [-0.05, 0) is 37.7 Å². The van der Waals surface area contributed by atoms with E-state index in [0.717, 1.165) is 29.9 Å². The lowest BCUT2D eigenvalue weighted by molar-refractivity contribution is -0.133. The molecule has 1 aliphatic carbocycles. The van der Waals surface area contributed by atoms with Crippen molar-refractivity contribution in [3.05, 3.63) is 35.4 Å². The molecule has 1 saturated carbocycles. The summed E-state index contributed by atoms with van der Waals surface area (Å²) in [7, 11) is 0. The molecule has 2 N–H and O–H groups in total. The molecule has 1 spiro atoms. The van der Waals surface area contributed by atoms with E-state index >= 15 is 0 Å². The smallest absolute Gasteiger partial charge is 0.325 e. The number of aliphatic hydroxyl groups is 1. The van der Waals surface area contributed by atoms with Gasteiger partial charge in [-0.15, -0.1) is 0 Å². The molecule has 130 valence electrons. The van der Waals surface area contributed by atoms with Crippen LogP contribution in [0.3, 0.4) is 0 Å². The van der Waals surface area contributed by atoms with Crippen LogP contribution in [0.1, 0.15) is 44.3 Å². The van der Waals surface area contributed by atoms with Crippen LogP contribution in [0.5, 0.6) is 0 Å². The van der Waals surface area contributed by atoms with Gasteiger partial charge < -0.3 is 10.4 Å². The summed E-state index contributed by atoms with van der Waals surface area (Å²) in [5, 5.41) is 12.9. The number of urea groups is 1. The van der Waals surface area contributed by atoms with Gasteiger partial charge in [-0.2, -0.15) is 0 Å². The van der Waals surface area contributed by atoms with E-state index < -0.39 is 29.3 Å². The molecule has 2 fully saturated rings. The molecule has 1 unspecified atom stereocenters. The molecule has 1 aromatic rings. The van der Waals surface area contributed by atoms with Crippen molar-refractivity contribution in [1.82, 2.24) is 10.2 Å². The van der Waals surface area contributed by atoms with E-state index in [4.69, 9.17) is 0 Å². The monoisotopic (exact) mass is 338 g/mol. The number of hydrogen-bond donors (Lipinski definition) is 2. The second-order valence-corrected chi connectivity index (χ2v) is 6.79. The molecule has 1 aliphatic heterocycles. The lowest BCUT2D eigenvalue weighted by Gasteiger charge is -2.33. The molecule has 0 aromatic heterocycles. The molecule has 1 atom stereocenters. The molecule has 24 heavy (non-hydrogen) atoms. The number of rotatable bonds is 3. The summed E-state index contributed by atoms with van der Waals surface area (Å²) in [5.74, 6) is -1.53. The molecule has 3 rings (SSSR count). The van der Waals surface area contributed by atoms with Gasteiger partial charge in [-0.1, -0.05) is 13.0 Å². The zero-order valence-electron chi connectivity index (χ0n) is 13.4. The fraction of sp³-hybridized carbons (Fsp3) is 0.529. The maximum Gasteiger partial charge on any atom is 0.325 e. The van der Waals surface area contributed by atoms with Crippen molar-refractivity contribution < 1.29 is 23.5 Å². The predicted octanol–water partition coefficient (Wildman–Crippen LogP) is 2.50. The number of amides is 3. The van der Waals surface area contributed by atoms with E-state index in [2.05, 4.69) is 12.2 Å². The minimum atomic E-state index is -1.40. The Hall–Kier alpha value is -2.02. The van der Waals surface area contributed by atoms with E-state index in [-0.39, 0.29) is 18.0 Å². The average Bonchev–Trinajstić information content (AvgIpc) is 2.75. The van der Waals surface area contributed by atoms with Crippen LogP contribution in [0, 0.1) is 17.6 Å². The Bertz CT molecular complexity index is 672. The summed E-state index contributed by atoms with van der Waals surface area (Å²) in [4.78, 5) is 25.8. The summed E-state index contributed by atoms with van der Waals surface area (Å²) >= 11 is 0. The number of carbonyl (C=O) groups excluding carboxylic acids is 2. The molecular weight excluding hydrogens is 318 g/mol. The maximum atomic E-state index is 13.8. The first-order valence-corrected chi connectivity index (χ1v) is 8.09. The SMILES string of the molecule is CC1CCC2(CC1)NC(=O)N(CC(O)c1ccc(F)cc1F)C2=O. The quantitative estimate of drug-likeness (QED) is 0.832. The van der Waals surface area contributed by atoms with Crippen molar-refractivity contribution in [1.29, 1.82) is 0 Å². The number of aliphatic hydroxyl groups excluding tert-OH is 1. The van der Waals surface area contributed by atoms with Gasteiger partial charge in [0.15, 0.2) is 0 Å². The van der Waals surface area contributed by atoms with Crippen LogP contribution >= 0.6 is 0 Å². The van der Waals surface area contributed by atoms with Crippen LogP contribution in [0.4, 0.5) is 13.6 Å². The molecule has 2 aliphatic rings. The van der Waals surface area contributed by atoms with Gasteiger partial charge in [0.1, 0.15) is 17.2 Å². The Morgan fingerprint density at radius 1 is 1.33 bits per heavy atom. The second-order valence-electron chi connectivity index (χ2n) is 6.79. The topological polar surface area (TPSA) is 69.6 Å². The fourth-order valence-electron chi connectivity index (χ4n) is 3.48. The third-order valence-corrected chi connectivity index (χ3v) is 5.05. The first-order chi connectivity index (χ1) is 11.3. The lowest BCUT2D eigenvalue weighted by atomic mass is 9.77. The van der Waals surface area contributed by atoms with Gasteiger partial charge in [0.2, 0.25) is 0 Å². The lowest BCUT2D eigenvalue weighted by Crippen LogP contribution is -2.49. The van der Waals surface area contributed by atoms with Crippen LogP contribution in [0.25, 0.3) is 0 Å². The molecule has 1 heterocycles. The van der Waals surface area contributed by atoms with Crippen molar-refractivity contribution in [3.8, 4) is 0 Å². The summed E-state index contributed by atoms with van der Waals surface area (Å²) in [6, 6.07) is 2.23. The third-order valence-electron chi connectivity index (χ3n) is 5.05. The minimum absolute atomic E-state index is 0.143. The van der Waals surface area contributed by atoms with Crippen molar-refractivity contribution >= 4 is 11.9 Å². The van der Waals surface area contributed by atoms with Crippen LogP contribution in [0.15, 0.2) is 18.2 Å². The van der Waals surface area contributed by atoms with Gasteiger partial charge in [-0.25, -0.2) is 13.6 Å². The van der Waals surface area contributed by atoms with E-state index in [0.29, 0.717) is 24.8 Å². The van der Waals surface area contributed by atoms with Gasteiger partial charge >= 0.3 is 6.03 Å². The average molecular weight is 338 g/mol. The Balaban J connectivity index is 1.75. The Morgan fingerprint density at radius 2 is 2.00 bits per heavy atom. The highest BCUT2D eigenvalue weighted by Gasteiger charge is 2.52. The Morgan fingerprint density at radius 3 is 2.62 bits per heavy atom. The normalized spacial score (nSPS) is 28.3. The standard InChI is InChI=1S/C17H20F2N2O3/c1-10-4-6-17(7-5-10)15(23)21(16(24)20-17)9-14(22)12-3-2-11(18)8-13(12)19/h2-3,8,10,14,22H,4-7,9H2,1H3,(H,20,24). The first-order valence-electron chi connectivity index (χ1n) is 8.09. The van der Waals surface area contributed by atoms with Crippen molar-refractivity contribution in [3.63, 3.8) is 0 Å². The number of β-amino-alcohol motifs (C(OH)–C–C–N with tert-alkyl or cyclic N) is 1. The van der Waals surface area contributed by atoms with Crippen LogP contribution in [-0.4, -0.2) is 34.0 Å². The molecule has 7 heteroatoms. The molecule has 1 saturated heterocycles. The highest BCUT2D eigenvalue weighted by atomic mass is 19.1. The van der Waals surface area contributed by atoms with Crippen LogP contribution in [-0.2, 0) is 4.79 Å². The molecule has 0 radical (unpaired) electrons. The molecule has 5 nitrogen and oxygen atoms in total. The fourth-order valence-corrected chi connectivity index (χ4v) is 3.48. The zero-order valence-corrected chi connectivity index (χ0v) is 13.4. The Kier molecular flexibility index (Phi) is 4.29. The first kappa shape index (κ1) is 16.8. The van der Waals surface area contributed by atoms with Gasteiger partial charge in [0.25, 0.3) is 5.91 Å². The third kappa shape index (κ3) is 2.88. The van der Waals surface area contributed by atoms with Crippen LogP contribution < -0.4 is 5.32 Å². The summed E-state index contributed by atoms with van der Waals surface area (Å²) in [6.45, 7) is 1.75. The minimum Gasteiger partial charge on any atom is -0.386 e. The number of nitrogens with zero attached hydrogens (tertiary/aromatic N) is 1. The van der Waals surface area contributed by atoms with Crippen molar-refractivity contribution in [2.24, 2.45) is 5.92 Å². The molecular formula is C17H20F2N2O3. The van der Waals surface area contributed by atoms with E-state index in [1.54, 1.807) is 0 Å². The highest BCUT2D eigenvalue weighted by molar-refractivity contribution is 6.07. The highest BCUT2D eigenvalue weighted by Crippen LogP contribution is 2.36. The number of halogens is 2. The molecule has 1 aromatic carbocycles. The summed E-state index contributed by atoms with van der Waals surface area (Å²) in [5.41, 5.74) is -1.04. The maximum absolute atomic E-state index is 13.8. The predicted molar refractivity (Wildman–Crippen MR) is 81.9 cm³/mol. The van der Waals surface area contributed by atoms with Gasteiger partial charge in [0, 0.05) is 11.6 Å². The van der Waals surface area contributed by atoms with E-state index in [9.17, 15) is 23.5 Å². The second kappa shape index (κ2) is 6.12. The van der Waals surface area contributed by atoms with Crippen molar-refractivity contribution in [2.75, 3.05) is 6.54 Å². The number of nitrogens with one attached hydrogen (secondary N) is 1. The number of carbonyl (C=O) groups is 2. The largest absolute Gasteiger partial charge is 0.386 e.